The number of nitrogens with zero attached hydrogens (tertiary/aromatic N) is 3. The van der Waals surface area contributed by atoms with E-state index in [1.54, 1.807) is 0 Å². The fourth-order valence-corrected chi connectivity index (χ4v) is 2.00. The van der Waals surface area contributed by atoms with Gasteiger partial charge in [-0.1, -0.05) is 9.39 Å². The van der Waals surface area contributed by atoms with Crippen LogP contribution in [0, 0.1) is 6.92 Å². The van der Waals surface area contributed by atoms with Crippen molar-refractivity contribution in [3.05, 3.63) is 18.1 Å². The summed E-state index contributed by atoms with van der Waals surface area (Å²) in [5, 5.41) is 3.21. The Morgan fingerprint density at radius 2 is 2.50 bits per heavy atom. The van der Waals surface area contributed by atoms with Gasteiger partial charge in [0.15, 0.2) is 0 Å². The van der Waals surface area contributed by atoms with Crippen molar-refractivity contribution >= 4 is 15.2 Å². The molecule has 1 saturated heterocycles. The zero-order valence-electron chi connectivity index (χ0n) is 8.27. The zero-order chi connectivity index (χ0) is 9.97. The molecule has 0 radical (unpaired) electrons. The van der Waals surface area contributed by atoms with Crippen LogP contribution in [0.15, 0.2) is 12.3 Å². The largest absolute Gasteiger partial charge is 0.355 e. The molecule has 0 aromatic carbocycles. The first-order chi connectivity index (χ1) is 6.79. The van der Waals surface area contributed by atoms with Crippen LogP contribution in [0.25, 0.3) is 0 Å². The topological polar surface area (TPSA) is 41.1 Å². The van der Waals surface area contributed by atoms with Crippen molar-refractivity contribution in [3.63, 3.8) is 0 Å². The van der Waals surface area contributed by atoms with E-state index in [0.717, 1.165) is 24.7 Å². The molecule has 14 heavy (non-hydrogen) atoms. The molecule has 0 aliphatic carbocycles. The lowest BCUT2D eigenvalue weighted by Gasteiger charge is -2.17. The molecule has 2 rings (SSSR count). The number of hydrogen-bond acceptors (Lipinski definition) is 4. The molecule has 1 fully saturated rings. The van der Waals surface area contributed by atoms with E-state index in [2.05, 4.69) is 29.3 Å². The van der Waals surface area contributed by atoms with Crippen LogP contribution in [0.3, 0.4) is 0 Å². The SMILES string of the molecule is Cc1nccc(N2CCC(NP)C2)n1. The van der Waals surface area contributed by atoms with Gasteiger partial charge in [0.2, 0.25) is 0 Å². The fourth-order valence-electron chi connectivity index (χ4n) is 1.72. The maximum Gasteiger partial charge on any atom is 0.132 e. The average Bonchev–Trinajstić information content (AvgIpc) is 2.66. The van der Waals surface area contributed by atoms with Gasteiger partial charge >= 0.3 is 0 Å². The summed E-state index contributed by atoms with van der Waals surface area (Å²) < 4.78 is 0. The summed E-state index contributed by atoms with van der Waals surface area (Å²) >= 11 is 0. The lowest BCUT2D eigenvalue weighted by atomic mass is 10.3. The smallest absolute Gasteiger partial charge is 0.132 e. The fraction of sp³-hybridized carbons (Fsp3) is 0.556. The molecule has 5 heteroatoms. The van der Waals surface area contributed by atoms with E-state index in [1.807, 2.05) is 19.2 Å². The summed E-state index contributed by atoms with van der Waals surface area (Å²) in [7, 11) is 2.58. The standard InChI is InChI=1S/C9H15N4P/c1-7-10-4-2-9(11-7)13-5-3-8(6-13)12-14/h2,4,8,12H,3,5-6,14H2,1H3. The number of hydrogen-bond donors (Lipinski definition) is 1. The number of aromatic nitrogens is 2. The molecule has 0 spiro atoms. The van der Waals surface area contributed by atoms with E-state index < -0.39 is 0 Å². The van der Waals surface area contributed by atoms with Gasteiger partial charge in [-0.05, 0) is 19.4 Å². The van der Waals surface area contributed by atoms with Gasteiger partial charge in [-0.25, -0.2) is 9.97 Å². The first kappa shape index (κ1) is 9.81. The molecule has 2 unspecified atom stereocenters. The summed E-state index contributed by atoms with van der Waals surface area (Å²) in [4.78, 5) is 10.8. The molecule has 2 atom stereocenters. The Balaban J connectivity index is 2.09. The van der Waals surface area contributed by atoms with Crippen LogP contribution >= 0.6 is 9.39 Å². The molecule has 1 aliphatic heterocycles. The number of rotatable bonds is 2. The Labute approximate surface area is 86.4 Å². The maximum absolute atomic E-state index is 4.40. The predicted molar refractivity (Wildman–Crippen MR) is 60.2 cm³/mol. The number of anilines is 1. The molecule has 0 amide bonds. The van der Waals surface area contributed by atoms with Gasteiger partial charge in [0.25, 0.3) is 0 Å². The van der Waals surface area contributed by atoms with Gasteiger partial charge in [0, 0.05) is 25.3 Å². The highest BCUT2D eigenvalue weighted by molar-refractivity contribution is 7.13. The van der Waals surface area contributed by atoms with Crippen LogP contribution in [0.5, 0.6) is 0 Å². The Morgan fingerprint density at radius 1 is 1.64 bits per heavy atom. The third kappa shape index (κ3) is 2.02. The Morgan fingerprint density at radius 3 is 3.14 bits per heavy atom. The molecule has 1 N–H and O–H groups in total. The minimum absolute atomic E-state index is 0.565. The van der Waals surface area contributed by atoms with Gasteiger partial charge in [0.1, 0.15) is 11.6 Å². The van der Waals surface area contributed by atoms with Gasteiger partial charge in [0.05, 0.1) is 0 Å². The van der Waals surface area contributed by atoms with E-state index in [0.29, 0.717) is 6.04 Å². The summed E-state index contributed by atoms with van der Waals surface area (Å²) in [5.74, 6) is 1.88. The monoisotopic (exact) mass is 210 g/mol. The minimum atomic E-state index is 0.565. The lowest BCUT2D eigenvalue weighted by molar-refractivity contribution is 0.700. The Bertz CT molecular complexity index is 317. The van der Waals surface area contributed by atoms with Crippen LogP contribution in [0.4, 0.5) is 5.82 Å². The third-order valence-electron chi connectivity index (χ3n) is 2.51. The van der Waals surface area contributed by atoms with E-state index in [9.17, 15) is 0 Å². The van der Waals surface area contributed by atoms with Crippen LogP contribution in [0.2, 0.25) is 0 Å². The Hall–Kier alpha value is -0.730. The van der Waals surface area contributed by atoms with Crippen molar-refractivity contribution < 1.29 is 0 Å². The summed E-state index contributed by atoms with van der Waals surface area (Å²) in [5.41, 5.74) is 0. The molecule has 0 saturated carbocycles. The molecular formula is C9H15N4P. The molecule has 2 heterocycles. The molecular weight excluding hydrogens is 195 g/mol. The van der Waals surface area contributed by atoms with Gasteiger partial charge in [-0.3, -0.25) is 5.09 Å². The van der Waals surface area contributed by atoms with E-state index in [1.165, 1.54) is 6.42 Å². The van der Waals surface area contributed by atoms with E-state index in [-0.39, 0.29) is 0 Å². The zero-order valence-corrected chi connectivity index (χ0v) is 9.43. The highest BCUT2D eigenvalue weighted by Gasteiger charge is 2.21. The van der Waals surface area contributed by atoms with Crippen molar-refractivity contribution in [2.75, 3.05) is 18.0 Å². The number of nitrogens with one attached hydrogen (secondary N) is 1. The van der Waals surface area contributed by atoms with E-state index in [4.69, 9.17) is 0 Å². The van der Waals surface area contributed by atoms with Crippen LogP contribution in [-0.2, 0) is 0 Å². The summed E-state index contributed by atoms with van der Waals surface area (Å²) in [6.07, 6.45) is 2.99. The number of aryl methyl sites for hydroxylation is 1. The summed E-state index contributed by atoms with van der Waals surface area (Å²) in [6, 6.07) is 2.54. The highest BCUT2D eigenvalue weighted by Crippen LogP contribution is 2.17. The molecule has 4 nitrogen and oxygen atoms in total. The molecule has 76 valence electrons. The van der Waals surface area contributed by atoms with Gasteiger partial charge in [-0.2, -0.15) is 0 Å². The van der Waals surface area contributed by atoms with Crippen molar-refractivity contribution in [1.82, 2.24) is 15.1 Å². The van der Waals surface area contributed by atoms with Crippen LogP contribution in [-0.4, -0.2) is 29.1 Å². The second-order valence-corrected chi connectivity index (χ2v) is 3.89. The first-order valence-corrected chi connectivity index (χ1v) is 5.38. The van der Waals surface area contributed by atoms with Crippen molar-refractivity contribution in [3.8, 4) is 0 Å². The normalized spacial score (nSPS) is 21.6. The molecule has 1 aromatic rings. The van der Waals surface area contributed by atoms with Crippen molar-refractivity contribution in [2.45, 2.75) is 19.4 Å². The van der Waals surface area contributed by atoms with Crippen LogP contribution in [0.1, 0.15) is 12.2 Å². The maximum atomic E-state index is 4.40. The molecule has 1 aromatic heterocycles. The van der Waals surface area contributed by atoms with Crippen LogP contribution < -0.4 is 9.99 Å². The Kier molecular flexibility index (Phi) is 2.94. The van der Waals surface area contributed by atoms with Gasteiger partial charge in [-0.15, -0.1) is 0 Å². The van der Waals surface area contributed by atoms with Crippen molar-refractivity contribution in [2.24, 2.45) is 0 Å². The average molecular weight is 210 g/mol. The predicted octanol–water partition coefficient (Wildman–Crippen LogP) is 0.743. The minimum Gasteiger partial charge on any atom is -0.355 e. The van der Waals surface area contributed by atoms with Gasteiger partial charge < -0.3 is 4.90 Å². The van der Waals surface area contributed by atoms with Crippen molar-refractivity contribution in [1.29, 1.82) is 0 Å². The molecule has 1 aliphatic rings. The lowest BCUT2D eigenvalue weighted by Crippen LogP contribution is -2.27. The quantitative estimate of drug-likeness (QED) is 0.731. The van der Waals surface area contributed by atoms with E-state index >= 15 is 0 Å². The second kappa shape index (κ2) is 4.20. The third-order valence-corrected chi connectivity index (χ3v) is 2.98. The highest BCUT2D eigenvalue weighted by atomic mass is 31.0. The molecule has 0 bridgehead atoms. The first-order valence-electron chi connectivity index (χ1n) is 4.80. The second-order valence-electron chi connectivity index (χ2n) is 3.56. The summed E-state index contributed by atoms with van der Waals surface area (Å²) in [6.45, 7) is 4.02.